The Balaban J connectivity index is 2.00. The van der Waals surface area contributed by atoms with Crippen LogP contribution in [0.3, 0.4) is 0 Å². The van der Waals surface area contributed by atoms with Crippen molar-refractivity contribution in [3.05, 3.63) is 46.6 Å². The Kier molecular flexibility index (Phi) is 6.46. The summed E-state index contributed by atoms with van der Waals surface area (Å²) in [6, 6.07) is 8.03. The molecule has 1 fully saturated rings. The Morgan fingerprint density at radius 1 is 0.971 bits per heavy atom. The van der Waals surface area contributed by atoms with E-state index in [0.717, 1.165) is 0 Å². The zero-order valence-corrected chi connectivity index (χ0v) is 18.4. The maximum Gasteiger partial charge on any atom is 0.302 e. The average Bonchev–Trinajstić information content (AvgIpc) is 2.80. The molecule has 0 spiro atoms. The van der Waals surface area contributed by atoms with Gasteiger partial charge in [-0.1, -0.05) is 30.3 Å². The van der Waals surface area contributed by atoms with Crippen LogP contribution in [0.5, 0.6) is 17.2 Å². The second kappa shape index (κ2) is 9.09. The SMILES string of the molecule is O=c1c(O[C@@H]2O[C@H](CO)[C@@H](O)[C@H](O)[C@H]2O)c(-c2ccccc2)oc2c(S(=O)(=O)O)c(O)cc(O)c12. The molecular formula is C21H20O13S. The summed E-state index contributed by atoms with van der Waals surface area (Å²) in [5.74, 6) is -3.18. The fourth-order valence-electron chi connectivity index (χ4n) is 3.71. The summed E-state index contributed by atoms with van der Waals surface area (Å²) in [6.45, 7) is -0.777. The fraction of sp³-hybridized carbons (Fsp3) is 0.286. The number of phenols is 2. The second-order valence-corrected chi connectivity index (χ2v) is 9.05. The molecule has 3 aromatic rings. The van der Waals surface area contributed by atoms with Crippen LogP contribution in [-0.2, 0) is 14.9 Å². The van der Waals surface area contributed by atoms with E-state index in [1.54, 1.807) is 6.07 Å². The number of phenolic OH excluding ortho intramolecular Hbond substituents is 2. The van der Waals surface area contributed by atoms with E-state index >= 15 is 0 Å². The molecule has 0 saturated carbocycles. The topological polar surface area (TPSA) is 224 Å². The fourth-order valence-corrected chi connectivity index (χ4v) is 4.41. The van der Waals surface area contributed by atoms with Gasteiger partial charge in [0.1, 0.15) is 41.3 Å². The van der Waals surface area contributed by atoms with Crippen molar-refractivity contribution in [1.82, 2.24) is 0 Å². The van der Waals surface area contributed by atoms with Crippen molar-refractivity contribution >= 4 is 21.1 Å². The maximum absolute atomic E-state index is 13.4. The Hall–Kier alpha value is -3.24. The lowest BCUT2D eigenvalue weighted by atomic mass is 9.99. The van der Waals surface area contributed by atoms with E-state index in [-0.39, 0.29) is 5.56 Å². The number of ether oxygens (including phenoxy) is 2. The first-order chi connectivity index (χ1) is 16.5. The van der Waals surface area contributed by atoms with Crippen LogP contribution in [-0.4, -0.2) is 80.9 Å². The zero-order valence-electron chi connectivity index (χ0n) is 17.5. The molecule has 1 saturated heterocycles. The predicted molar refractivity (Wildman–Crippen MR) is 115 cm³/mol. The largest absolute Gasteiger partial charge is 0.507 e. The number of benzene rings is 2. The van der Waals surface area contributed by atoms with Crippen LogP contribution in [0.2, 0.25) is 0 Å². The van der Waals surface area contributed by atoms with Gasteiger partial charge in [0, 0.05) is 11.6 Å². The monoisotopic (exact) mass is 512 g/mol. The lowest BCUT2D eigenvalue weighted by Gasteiger charge is -2.39. The molecule has 188 valence electrons. The number of aliphatic hydroxyl groups excluding tert-OH is 4. The molecule has 0 bridgehead atoms. The highest BCUT2D eigenvalue weighted by Crippen LogP contribution is 2.41. The number of aromatic hydroxyl groups is 2. The van der Waals surface area contributed by atoms with E-state index in [0.29, 0.717) is 6.07 Å². The third kappa shape index (κ3) is 4.32. The minimum Gasteiger partial charge on any atom is -0.507 e. The van der Waals surface area contributed by atoms with Crippen molar-refractivity contribution in [1.29, 1.82) is 0 Å². The van der Waals surface area contributed by atoms with Crippen molar-refractivity contribution in [3.8, 4) is 28.6 Å². The molecule has 0 amide bonds. The van der Waals surface area contributed by atoms with Gasteiger partial charge in [-0.25, -0.2) is 0 Å². The van der Waals surface area contributed by atoms with E-state index in [9.17, 15) is 48.4 Å². The number of hydrogen-bond donors (Lipinski definition) is 7. The molecular weight excluding hydrogens is 492 g/mol. The predicted octanol–water partition coefficient (Wildman–Crippen LogP) is -0.703. The van der Waals surface area contributed by atoms with Gasteiger partial charge in [-0.2, -0.15) is 8.42 Å². The molecule has 0 unspecified atom stereocenters. The normalized spacial score (nSPS) is 25.0. The van der Waals surface area contributed by atoms with Gasteiger partial charge in [-0.15, -0.1) is 0 Å². The summed E-state index contributed by atoms with van der Waals surface area (Å²) in [5.41, 5.74) is -1.94. The van der Waals surface area contributed by atoms with Gasteiger partial charge >= 0.3 is 10.1 Å². The first kappa shape index (κ1) is 24.9. The molecule has 1 aromatic heterocycles. The minimum atomic E-state index is -5.15. The van der Waals surface area contributed by atoms with Crippen molar-refractivity contribution in [3.63, 3.8) is 0 Å². The molecule has 7 N–H and O–H groups in total. The third-order valence-electron chi connectivity index (χ3n) is 5.42. The van der Waals surface area contributed by atoms with Crippen molar-refractivity contribution in [2.24, 2.45) is 0 Å². The quantitative estimate of drug-likeness (QED) is 0.210. The Morgan fingerprint density at radius 2 is 1.63 bits per heavy atom. The highest BCUT2D eigenvalue weighted by atomic mass is 32.2. The summed E-state index contributed by atoms with van der Waals surface area (Å²) >= 11 is 0. The van der Waals surface area contributed by atoms with Gasteiger partial charge in [0.05, 0.1) is 6.61 Å². The molecule has 1 aliphatic heterocycles. The molecule has 0 aliphatic carbocycles. The van der Waals surface area contributed by atoms with Crippen LogP contribution in [0.15, 0.2) is 50.5 Å². The third-order valence-corrected chi connectivity index (χ3v) is 6.33. The summed E-state index contributed by atoms with van der Waals surface area (Å²) in [6.07, 6.45) is -8.65. The molecule has 2 heterocycles. The lowest BCUT2D eigenvalue weighted by Crippen LogP contribution is -2.60. The van der Waals surface area contributed by atoms with Crippen LogP contribution >= 0.6 is 0 Å². The van der Waals surface area contributed by atoms with Crippen LogP contribution in [0.1, 0.15) is 0 Å². The van der Waals surface area contributed by atoms with E-state index in [2.05, 4.69) is 0 Å². The molecule has 14 heteroatoms. The molecule has 0 radical (unpaired) electrons. The van der Waals surface area contributed by atoms with Crippen LogP contribution in [0.4, 0.5) is 0 Å². The Morgan fingerprint density at radius 3 is 2.23 bits per heavy atom. The van der Waals surface area contributed by atoms with Crippen molar-refractivity contribution < 1.29 is 57.5 Å². The smallest absolute Gasteiger partial charge is 0.302 e. The average molecular weight is 512 g/mol. The number of rotatable bonds is 5. The van der Waals surface area contributed by atoms with Gasteiger partial charge in [0.2, 0.25) is 17.5 Å². The summed E-state index contributed by atoms with van der Waals surface area (Å²) in [7, 11) is -5.15. The van der Waals surface area contributed by atoms with Crippen molar-refractivity contribution in [2.75, 3.05) is 6.61 Å². The van der Waals surface area contributed by atoms with Gasteiger partial charge in [-0.3, -0.25) is 9.35 Å². The summed E-state index contributed by atoms with van der Waals surface area (Å²) < 4.78 is 49.8. The standard InChI is InChI=1S/C21H20O13S/c22-7-11-13(25)15(27)16(28)21(32-11)34-19-14(26)12-9(23)6-10(24)20(35(29,30)31)18(12)33-17(19)8-4-2-1-3-5-8/h1-6,11,13,15-16,21-25,27-28H,7H2,(H,29,30,31)/t11-,13-,15+,16-,21+/m1/s1. The van der Waals surface area contributed by atoms with E-state index in [1.807, 2.05) is 0 Å². The van der Waals surface area contributed by atoms with Gasteiger partial charge < -0.3 is 44.5 Å². The second-order valence-electron chi connectivity index (χ2n) is 7.69. The number of hydrogen-bond acceptors (Lipinski definition) is 12. The molecule has 35 heavy (non-hydrogen) atoms. The van der Waals surface area contributed by atoms with E-state index < -0.39 is 91.7 Å². The molecule has 13 nitrogen and oxygen atoms in total. The maximum atomic E-state index is 13.4. The number of aliphatic hydroxyl groups is 4. The zero-order chi connectivity index (χ0) is 25.7. The summed E-state index contributed by atoms with van der Waals surface area (Å²) in [5, 5.41) is 59.2. The molecule has 5 atom stereocenters. The molecule has 1 aliphatic rings. The van der Waals surface area contributed by atoms with E-state index in [4.69, 9.17) is 13.9 Å². The lowest BCUT2D eigenvalue weighted by molar-refractivity contribution is -0.277. The van der Waals surface area contributed by atoms with Gasteiger partial charge in [0.25, 0.3) is 0 Å². The molecule has 4 rings (SSSR count). The minimum absolute atomic E-state index is 0.134. The Labute approximate surface area is 196 Å². The first-order valence-corrected chi connectivity index (χ1v) is 11.5. The van der Waals surface area contributed by atoms with E-state index in [1.165, 1.54) is 24.3 Å². The Bertz CT molecular complexity index is 1410. The van der Waals surface area contributed by atoms with Crippen molar-refractivity contribution in [2.45, 2.75) is 35.6 Å². The van der Waals surface area contributed by atoms with Crippen LogP contribution in [0, 0.1) is 0 Å². The number of fused-ring (bicyclic) bond motifs is 1. The van der Waals surface area contributed by atoms with Crippen LogP contribution < -0.4 is 10.2 Å². The van der Waals surface area contributed by atoms with Gasteiger partial charge in [-0.05, 0) is 0 Å². The molecule has 2 aromatic carbocycles. The van der Waals surface area contributed by atoms with Crippen LogP contribution in [0.25, 0.3) is 22.3 Å². The summed E-state index contributed by atoms with van der Waals surface area (Å²) in [4.78, 5) is 12.2. The van der Waals surface area contributed by atoms with Gasteiger partial charge in [0.15, 0.2) is 16.2 Å². The highest BCUT2D eigenvalue weighted by molar-refractivity contribution is 7.86. The first-order valence-electron chi connectivity index (χ1n) is 10.0. The highest BCUT2D eigenvalue weighted by Gasteiger charge is 2.45.